The maximum Gasteiger partial charge on any atom is 0.326 e. The molecular weight excluding hydrogens is 318 g/mol. The van der Waals surface area contributed by atoms with Crippen LogP contribution in [0.25, 0.3) is 10.8 Å². The van der Waals surface area contributed by atoms with Gasteiger partial charge in [0.1, 0.15) is 5.82 Å². The number of pyridine rings is 1. The summed E-state index contributed by atoms with van der Waals surface area (Å²) in [5.74, 6) is 0.838. The van der Waals surface area contributed by atoms with Crippen molar-refractivity contribution >= 4 is 34.3 Å². The van der Waals surface area contributed by atoms with E-state index in [9.17, 15) is 4.79 Å². The minimum atomic E-state index is -0.418. The van der Waals surface area contributed by atoms with E-state index in [1.807, 2.05) is 31.2 Å². The molecule has 0 atom stereocenters. The van der Waals surface area contributed by atoms with E-state index in [0.717, 1.165) is 16.5 Å². The summed E-state index contributed by atoms with van der Waals surface area (Å²) in [6.45, 7) is 2.91. The number of amides is 2. The van der Waals surface area contributed by atoms with E-state index < -0.39 is 6.03 Å². The Hall–Kier alpha value is -3.26. The van der Waals surface area contributed by atoms with Crippen LogP contribution in [-0.4, -0.2) is 34.1 Å². The van der Waals surface area contributed by atoms with Gasteiger partial charge in [-0.15, -0.1) is 0 Å². The van der Waals surface area contributed by atoms with Gasteiger partial charge in [0, 0.05) is 48.3 Å². The van der Waals surface area contributed by atoms with Crippen LogP contribution in [0.3, 0.4) is 0 Å². The van der Waals surface area contributed by atoms with Crippen LogP contribution in [0, 0.1) is 6.92 Å². The van der Waals surface area contributed by atoms with Crippen LogP contribution in [-0.2, 0) is 0 Å². The van der Waals surface area contributed by atoms with Crippen molar-refractivity contribution in [3.63, 3.8) is 0 Å². The molecule has 0 fully saturated rings. The minimum Gasteiger partial charge on any atom is -0.369 e. The first kappa shape index (κ1) is 16.6. The molecule has 0 bridgehead atoms. The minimum absolute atomic E-state index is 0.222. The van der Waals surface area contributed by atoms with E-state index in [4.69, 9.17) is 5.73 Å². The Morgan fingerprint density at radius 3 is 2.84 bits per heavy atom. The highest BCUT2D eigenvalue weighted by Gasteiger charge is 2.07. The van der Waals surface area contributed by atoms with Crippen molar-refractivity contribution in [1.29, 1.82) is 0 Å². The Balaban J connectivity index is 1.70. The molecular formula is C17H19N7O. The molecule has 0 spiro atoms. The quantitative estimate of drug-likeness (QED) is 0.567. The lowest BCUT2D eigenvalue weighted by Crippen LogP contribution is -2.22. The molecule has 0 radical (unpaired) electrons. The molecule has 0 aliphatic heterocycles. The first-order valence-electron chi connectivity index (χ1n) is 7.85. The van der Waals surface area contributed by atoms with Gasteiger partial charge in [-0.25, -0.2) is 9.78 Å². The van der Waals surface area contributed by atoms with Crippen molar-refractivity contribution in [2.45, 2.75) is 6.92 Å². The Morgan fingerprint density at radius 1 is 1.12 bits per heavy atom. The van der Waals surface area contributed by atoms with Gasteiger partial charge in [-0.1, -0.05) is 6.07 Å². The second-order valence-electron chi connectivity index (χ2n) is 5.45. The van der Waals surface area contributed by atoms with Crippen molar-refractivity contribution in [2.75, 3.05) is 29.0 Å². The van der Waals surface area contributed by atoms with E-state index in [2.05, 4.69) is 30.9 Å². The number of aromatic nitrogens is 3. The number of hydrogen-bond donors (Lipinski definition) is 4. The standard InChI is InChI=1S/C17H19N7O/c1-11-8-15(20-7-5-18)23-16(21-11)24-17(25)22-14-3-2-12-4-6-19-10-13(12)9-14/h2-4,6,8-10H,5,7,18H2,1H3,(H3,20,21,22,23,24,25). The lowest BCUT2D eigenvalue weighted by molar-refractivity contribution is 0.262. The van der Waals surface area contributed by atoms with Gasteiger partial charge in [0.15, 0.2) is 0 Å². The number of nitrogens with zero attached hydrogens (tertiary/aromatic N) is 3. The molecule has 0 aliphatic rings. The van der Waals surface area contributed by atoms with Gasteiger partial charge in [0.25, 0.3) is 0 Å². The fourth-order valence-corrected chi connectivity index (χ4v) is 2.34. The van der Waals surface area contributed by atoms with Crippen molar-refractivity contribution in [3.8, 4) is 0 Å². The topological polar surface area (TPSA) is 118 Å². The van der Waals surface area contributed by atoms with E-state index in [0.29, 0.717) is 24.6 Å². The van der Waals surface area contributed by atoms with Crippen molar-refractivity contribution in [2.24, 2.45) is 5.73 Å². The van der Waals surface area contributed by atoms with Gasteiger partial charge >= 0.3 is 6.03 Å². The molecule has 2 amide bonds. The molecule has 0 unspecified atom stereocenters. The van der Waals surface area contributed by atoms with E-state index in [1.165, 1.54) is 0 Å². The van der Waals surface area contributed by atoms with Crippen LogP contribution in [0.4, 0.5) is 22.2 Å². The molecule has 8 heteroatoms. The number of nitrogens with two attached hydrogens (primary N) is 1. The predicted octanol–water partition coefficient (Wildman–Crippen LogP) is 2.35. The molecule has 2 aromatic heterocycles. The Morgan fingerprint density at radius 2 is 2.00 bits per heavy atom. The van der Waals surface area contributed by atoms with Crippen LogP contribution in [0.5, 0.6) is 0 Å². The summed E-state index contributed by atoms with van der Waals surface area (Å²) in [4.78, 5) is 24.7. The lowest BCUT2D eigenvalue weighted by atomic mass is 10.1. The molecule has 5 N–H and O–H groups in total. The Labute approximate surface area is 144 Å². The Bertz CT molecular complexity index is 897. The van der Waals surface area contributed by atoms with Crippen molar-refractivity contribution in [1.82, 2.24) is 15.0 Å². The highest BCUT2D eigenvalue weighted by molar-refractivity contribution is 6.00. The molecule has 0 saturated carbocycles. The number of fused-ring (bicyclic) bond motifs is 1. The third kappa shape index (κ3) is 4.39. The number of nitrogens with one attached hydrogen (secondary N) is 3. The third-order valence-corrected chi connectivity index (χ3v) is 3.43. The van der Waals surface area contributed by atoms with Crippen LogP contribution in [0.1, 0.15) is 5.69 Å². The maximum atomic E-state index is 12.2. The first-order valence-corrected chi connectivity index (χ1v) is 7.85. The normalized spacial score (nSPS) is 10.5. The second-order valence-corrected chi connectivity index (χ2v) is 5.45. The number of urea groups is 1. The summed E-state index contributed by atoms with van der Waals surface area (Å²) >= 11 is 0. The summed E-state index contributed by atoms with van der Waals surface area (Å²) in [5, 5.41) is 10.5. The first-order chi connectivity index (χ1) is 12.1. The average Bonchev–Trinajstić information content (AvgIpc) is 2.59. The van der Waals surface area contributed by atoms with Crippen molar-refractivity contribution in [3.05, 3.63) is 48.4 Å². The molecule has 128 valence electrons. The van der Waals surface area contributed by atoms with E-state index in [1.54, 1.807) is 18.5 Å². The van der Waals surface area contributed by atoms with E-state index >= 15 is 0 Å². The number of aryl methyl sites for hydroxylation is 1. The smallest absolute Gasteiger partial charge is 0.326 e. The second kappa shape index (κ2) is 7.54. The van der Waals surface area contributed by atoms with Crippen LogP contribution in [0.2, 0.25) is 0 Å². The fourth-order valence-electron chi connectivity index (χ4n) is 2.34. The molecule has 3 aromatic rings. The lowest BCUT2D eigenvalue weighted by Gasteiger charge is -2.10. The van der Waals surface area contributed by atoms with Crippen LogP contribution >= 0.6 is 0 Å². The maximum absolute atomic E-state index is 12.2. The molecule has 2 heterocycles. The molecule has 0 aliphatic carbocycles. The summed E-state index contributed by atoms with van der Waals surface area (Å²) in [5.41, 5.74) is 6.87. The highest BCUT2D eigenvalue weighted by atomic mass is 16.2. The number of hydrogen-bond acceptors (Lipinski definition) is 6. The van der Waals surface area contributed by atoms with Gasteiger partial charge in [-0.2, -0.15) is 4.98 Å². The van der Waals surface area contributed by atoms with Gasteiger partial charge in [-0.05, 0) is 30.5 Å². The SMILES string of the molecule is Cc1cc(NCCN)nc(NC(=O)Nc2ccc3ccncc3c2)n1. The number of carbonyl (C=O) groups is 1. The van der Waals surface area contributed by atoms with Crippen molar-refractivity contribution < 1.29 is 4.79 Å². The predicted molar refractivity (Wildman–Crippen MR) is 98.7 cm³/mol. The monoisotopic (exact) mass is 337 g/mol. The summed E-state index contributed by atoms with van der Waals surface area (Å²) in [6.07, 6.45) is 3.48. The number of anilines is 3. The number of carbonyl (C=O) groups excluding carboxylic acids is 1. The zero-order chi connectivity index (χ0) is 17.6. The van der Waals surface area contributed by atoms with Gasteiger partial charge in [0.2, 0.25) is 5.95 Å². The highest BCUT2D eigenvalue weighted by Crippen LogP contribution is 2.18. The molecule has 8 nitrogen and oxygen atoms in total. The zero-order valence-electron chi connectivity index (χ0n) is 13.8. The van der Waals surface area contributed by atoms with Gasteiger partial charge in [-0.3, -0.25) is 10.3 Å². The largest absolute Gasteiger partial charge is 0.369 e. The van der Waals surface area contributed by atoms with Crippen LogP contribution < -0.4 is 21.7 Å². The zero-order valence-corrected chi connectivity index (χ0v) is 13.8. The summed E-state index contributed by atoms with van der Waals surface area (Å²) in [6, 6.07) is 8.88. The molecule has 1 aromatic carbocycles. The summed E-state index contributed by atoms with van der Waals surface area (Å²) in [7, 11) is 0. The third-order valence-electron chi connectivity index (χ3n) is 3.43. The molecule has 25 heavy (non-hydrogen) atoms. The summed E-state index contributed by atoms with van der Waals surface area (Å²) < 4.78 is 0. The fraction of sp³-hybridized carbons (Fsp3) is 0.176. The number of rotatable bonds is 5. The van der Waals surface area contributed by atoms with Gasteiger partial charge < -0.3 is 16.4 Å². The van der Waals surface area contributed by atoms with Gasteiger partial charge in [0.05, 0.1) is 0 Å². The number of benzene rings is 1. The molecule has 0 saturated heterocycles. The Kier molecular flexibility index (Phi) is 5.00. The molecule has 3 rings (SSSR count). The average molecular weight is 337 g/mol. The van der Waals surface area contributed by atoms with E-state index in [-0.39, 0.29) is 5.95 Å². The van der Waals surface area contributed by atoms with Crippen LogP contribution in [0.15, 0.2) is 42.7 Å².